The first-order valence-electron chi connectivity index (χ1n) is 6.96. The number of hydrogen-bond donors (Lipinski definition) is 0. The Morgan fingerprint density at radius 3 is 1.58 bits per heavy atom. The maximum atomic E-state index is 12.9. The van der Waals surface area contributed by atoms with Gasteiger partial charge < -0.3 is 0 Å². The molecular formula is C18H8F6N2. The van der Waals surface area contributed by atoms with Gasteiger partial charge in [0, 0.05) is 0 Å². The molecule has 0 aliphatic rings. The molecule has 0 radical (unpaired) electrons. The molecule has 2 aromatic rings. The van der Waals surface area contributed by atoms with Crippen LogP contribution >= 0.6 is 0 Å². The molecule has 0 aliphatic carbocycles. The lowest BCUT2D eigenvalue weighted by Crippen LogP contribution is -2.11. The van der Waals surface area contributed by atoms with Gasteiger partial charge in [-0.2, -0.15) is 36.9 Å². The molecule has 0 saturated heterocycles. The summed E-state index contributed by atoms with van der Waals surface area (Å²) in [5.74, 6) is 0. The predicted molar refractivity (Wildman–Crippen MR) is 81.1 cm³/mol. The molecule has 8 heteroatoms. The van der Waals surface area contributed by atoms with Crippen molar-refractivity contribution in [3.05, 3.63) is 64.7 Å². The molecule has 2 nitrogen and oxygen atoms in total. The Hall–Kier alpha value is -3.26. The molecular weight excluding hydrogens is 358 g/mol. The van der Waals surface area contributed by atoms with Gasteiger partial charge in [-0.15, -0.1) is 0 Å². The van der Waals surface area contributed by atoms with Crippen LogP contribution < -0.4 is 0 Å². The van der Waals surface area contributed by atoms with Gasteiger partial charge in [0.15, 0.2) is 0 Å². The number of nitriles is 2. The van der Waals surface area contributed by atoms with E-state index in [0.717, 1.165) is 0 Å². The van der Waals surface area contributed by atoms with Crippen molar-refractivity contribution in [1.29, 1.82) is 10.5 Å². The molecule has 0 aliphatic heterocycles. The first-order valence-corrected chi connectivity index (χ1v) is 6.96. The van der Waals surface area contributed by atoms with Crippen LogP contribution in [-0.2, 0) is 12.4 Å². The molecule has 0 unspecified atom stereocenters. The van der Waals surface area contributed by atoms with Gasteiger partial charge in [0.1, 0.15) is 17.7 Å². The predicted octanol–water partition coefficient (Wildman–Crippen LogP) is 5.82. The van der Waals surface area contributed by atoms with Gasteiger partial charge in [0.05, 0.1) is 11.1 Å². The zero-order valence-electron chi connectivity index (χ0n) is 12.8. The van der Waals surface area contributed by atoms with E-state index in [1.165, 1.54) is 30.3 Å². The Labute approximate surface area is 144 Å². The number of rotatable bonds is 2. The SMILES string of the molecule is N#CC(C#N)=Cc1ccc(-c2cc(C(F)(F)F)cc(C(F)(F)F)c2)cc1. The third-order valence-electron chi connectivity index (χ3n) is 3.38. The maximum Gasteiger partial charge on any atom is 0.416 e. The van der Waals surface area contributed by atoms with Crippen LogP contribution in [0.2, 0.25) is 0 Å². The summed E-state index contributed by atoms with van der Waals surface area (Å²) in [4.78, 5) is 0. The zero-order chi connectivity index (χ0) is 19.5. The van der Waals surface area contributed by atoms with Crippen LogP contribution in [0.4, 0.5) is 26.3 Å². The van der Waals surface area contributed by atoms with Gasteiger partial charge in [0.2, 0.25) is 0 Å². The van der Waals surface area contributed by atoms with E-state index >= 15 is 0 Å². The highest BCUT2D eigenvalue weighted by Crippen LogP contribution is 2.38. The molecule has 132 valence electrons. The number of hydrogen-bond acceptors (Lipinski definition) is 2. The molecule has 2 aromatic carbocycles. The highest BCUT2D eigenvalue weighted by Gasteiger charge is 2.36. The van der Waals surface area contributed by atoms with Crippen LogP contribution in [0.25, 0.3) is 17.2 Å². The van der Waals surface area contributed by atoms with Crippen molar-refractivity contribution in [2.75, 3.05) is 0 Å². The fourth-order valence-corrected chi connectivity index (χ4v) is 2.15. The Balaban J connectivity index is 2.53. The number of allylic oxidation sites excluding steroid dienone is 1. The summed E-state index contributed by atoms with van der Waals surface area (Å²) in [5, 5.41) is 17.4. The fourth-order valence-electron chi connectivity index (χ4n) is 2.15. The average molecular weight is 366 g/mol. The van der Waals surface area contributed by atoms with Crippen molar-refractivity contribution in [2.45, 2.75) is 12.4 Å². The molecule has 0 saturated carbocycles. The largest absolute Gasteiger partial charge is 0.416 e. The summed E-state index contributed by atoms with van der Waals surface area (Å²) in [6.07, 6.45) is -8.60. The third-order valence-corrected chi connectivity index (χ3v) is 3.38. The van der Waals surface area contributed by atoms with Gasteiger partial charge in [-0.3, -0.25) is 0 Å². The quantitative estimate of drug-likeness (QED) is 0.496. The number of alkyl halides is 6. The van der Waals surface area contributed by atoms with Crippen molar-refractivity contribution in [3.63, 3.8) is 0 Å². The van der Waals surface area contributed by atoms with Gasteiger partial charge >= 0.3 is 12.4 Å². The van der Waals surface area contributed by atoms with E-state index in [9.17, 15) is 26.3 Å². The lowest BCUT2D eigenvalue weighted by molar-refractivity contribution is -0.143. The Bertz CT molecular complexity index is 874. The molecule has 0 heterocycles. The van der Waals surface area contributed by atoms with Crippen molar-refractivity contribution >= 4 is 6.08 Å². The van der Waals surface area contributed by atoms with E-state index in [2.05, 4.69) is 0 Å². The number of halogens is 6. The number of benzene rings is 2. The van der Waals surface area contributed by atoms with Crippen LogP contribution in [-0.4, -0.2) is 0 Å². The summed E-state index contributed by atoms with van der Waals surface area (Å²) < 4.78 is 77.4. The van der Waals surface area contributed by atoms with E-state index in [1.54, 1.807) is 12.1 Å². The summed E-state index contributed by atoms with van der Waals surface area (Å²) in [7, 11) is 0. The second-order valence-electron chi connectivity index (χ2n) is 5.20. The summed E-state index contributed by atoms with van der Waals surface area (Å²) in [6, 6.07) is 10.0. The minimum absolute atomic E-state index is 0.0622. The lowest BCUT2D eigenvalue weighted by atomic mass is 9.98. The zero-order valence-corrected chi connectivity index (χ0v) is 12.8. The maximum absolute atomic E-state index is 12.9. The van der Waals surface area contributed by atoms with Crippen molar-refractivity contribution in [3.8, 4) is 23.3 Å². The second kappa shape index (κ2) is 6.93. The highest BCUT2D eigenvalue weighted by molar-refractivity contribution is 5.69. The van der Waals surface area contributed by atoms with Gasteiger partial charge in [-0.1, -0.05) is 24.3 Å². The molecule has 0 atom stereocenters. The normalized spacial score (nSPS) is 11.4. The lowest BCUT2D eigenvalue weighted by Gasteiger charge is -2.14. The molecule has 0 bridgehead atoms. The van der Waals surface area contributed by atoms with Gasteiger partial charge in [-0.25, -0.2) is 0 Å². The molecule has 0 aromatic heterocycles. The summed E-state index contributed by atoms with van der Waals surface area (Å²) >= 11 is 0. The van der Waals surface area contributed by atoms with Crippen molar-refractivity contribution < 1.29 is 26.3 Å². The third kappa shape index (κ3) is 4.42. The second-order valence-corrected chi connectivity index (χ2v) is 5.20. The van der Waals surface area contributed by atoms with Crippen LogP contribution in [0.5, 0.6) is 0 Å². The van der Waals surface area contributed by atoms with E-state index in [4.69, 9.17) is 10.5 Å². The first-order chi connectivity index (χ1) is 12.0. The fraction of sp³-hybridized carbons (Fsp3) is 0.111. The standard InChI is InChI=1S/C18H8F6N2/c19-17(20,21)15-6-14(7-16(8-15)18(22,23)24)13-3-1-11(2-4-13)5-12(9-25)10-26/h1-8H. The Kier molecular flexibility index (Phi) is 5.08. The Morgan fingerprint density at radius 1 is 0.731 bits per heavy atom. The first kappa shape index (κ1) is 19.1. The molecule has 0 fully saturated rings. The molecule has 0 spiro atoms. The van der Waals surface area contributed by atoms with Crippen LogP contribution in [0.1, 0.15) is 16.7 Å². The molecule has 0 amide bonds. The van der Waals surface area contributed by atoms with E-state index in [1.807, 2.05) is 0 Å². The monoisotopic (exact) mass is 366 g/mol. The van der Waals surface area contributed by atoms with E-state index in [-0.39, 0.29) is 22.8 Å². The topological polar surface area (TPSA) is 47.6 Å². The summed E-state index contributed by atoms with van der Waals surface area (Å²) in [5.41, 5.74) is -2.69. The minimum atomic E-state index is -4.92. The van der Waals surface area contributed by atoms with Crippen LogP contribution in [0.15, 0.2) is 48.0 Å². The van der Waals surface area contributed by atoms with Crippen molar-refractivity contribution in [1.82, 2.24) is 0 Å². The summed E-state index contributed by atoms with van der Waals surface area (Å²) in [6.45, 7) is 0. The highest BCUT2D eigenvalue weighted by atomic mass is 19.4. The van der Waals surface area contributed by atoms with Crippen LogP contribution in [0.3, 0.4) is 0 Å². The molecule has 0 N–H and O–H groups in total. The van der Waals surface area contributed by atoms with Gasteiger partial charge in [0.25, 0.3) is 0 Å². The van der Waals surface area contributed by atoms with Gasteiger partial charge in [-0.05, 0) is 41.0 Å². The Morgan fingerprint density at radius 2 is 1.19 bits per heavy atom. The van der Waals surface area contributed by atoms with Crippen LogP contribution in [0, 0.1) is 22.7 Å². The number of nitrogens with zero attached hydrogens (tertiary/aromatic N) is 2. The smallest absolute Gasteiger partial charge is 0.192 e. The molecule has 2 rings (SSSR count). The average Bonchev–Trinajstić information content (AvgIpc) is 2.58. The van der Waals surface area contributed by atoms with E-state index in [0.29, 0.717) is 17.7 Å². The van der Waals surface area contributed by atoms with E-state index < -0.39 is 23.5 Å². The minimum Gasteiger partial charge on any atom is -0.192 e. The van der Waals surface area contributed by atoms with Crippen molar-refractivity contribution in [2.24, 2.45) is 0 Å². The molecule has 26 heavy (non-hydrogen) atoms.